The topological polar surface area (TPSA) is 87.6 Å². The molecule has 1 aromatic heterocycles. The Morgan fingerprint density at radius 2 is 2.10 bits per heavy atom. The van der Waals surface area contributed by atoms with E-state index in [-0.39, 0.29) is 35.6 Å². The lowest BCUT2D eigenvalue weighted by Gasteiger charge is -2.34. The normalized spacial score (nSPS) is 16.0. The zero-order valence-electron chi connectivity index (χ0n) is 17.3. The number of alkyl carbamates (subject to hydrolysis) is 1. The second-order valence-electron chi connectivity index (χ2n) is 7.45. The number of phenols is 1. The summed E-state index contributed by atoms with van der Waals surface area (Å²) in [6.07, 6.45) is 1.21. The first-order valence-corrected chi connectivity index (χ1v) is 9.82. The van der Waals surface area contributed by atoms with E-state index in [0.29, 0.717) is 17.9 Å². The highest BCUT2D eigenvalue weighted by atomic mass is 35.5. The highest BCUT2D eigenvalue weighted by Crippen LogP contribution is 2.34. The van der Waals surface area contributed by atoms with Crippen LogP contribution in [0.2, 0.25) is 0 Å². The number of carbonyl (C=O) groups is 1. The van der Waals surface area contributed by atoms with Crippen molar-refractivity contribution in [2.75, 3.05) is 25.1 Å². The van der Waals surface area contributed by atoms with Gasteiger partial charge in [0.2, 0.25) is 0 Å². The summed E-state index contributed by atoms with van der Waals surface area (Å²) in [6, 6.07) is 9.87. The number of hydrogen-bond donors (Lipinski definition) is 2. The van der Waals surface area contributed by atoms with Gasteiger partial charge in [0.15, 0.2) is 5.82 Å². The van der Waals surface area contributed by atoms with Gasteiger partial charge in [-0.25, -0.2) is 19.2 Å². The maximum Gasteiger partial charge on any atom is 0.407 e. The summed E-state index contributed by atoms with van der Waals surface area (Å²) in [4.78, 5) is 22.9. The number of benzene rings is 2. The highest BCUT2D eigenvalue weighted by molar-refractivity contribution is 5.92. The standard InChI is InChI=1S/C22H23FN4O3.ClH/c1-13-8-9-15-17(11-13)25-20(19-16(23)6-3-7-18(19)28)26-21(15)27-10-4-5-14(12-27)24-22(29)30-2;/h3,6-9,11,14,28H,4-5,10,12H2,1-2H3,(H,24,29);1H/t14-;/m0./s1. The van der Waals surface area contributed by atoms with Crippen LogP contribution in [-0.2, 0) is 4.74 Å². The molecule has 164 valence electrons. The predicted molar refractivity (Wildman–Crippen MR) is 119 cm³/mol. The molecule has 0 radical (unpaired) electrons. The molecule has 0 aliphatic carbocycles. The monoisotopic (exact) mass is 446 g/mol. The van der Waals surface area contributed by atoms with Crippen molar-refractivity contribution < 1.29 is 19.0 Å². The summed E-state index contributed by atoms with van der Waals surface area (Å²) in [7, 11) is 1.34. The fourth-order valence-corrected chi connectivity index (χ4v) is 3.82. The van der Waals surface area contributed by atoms with E-state index >= 15 is 0 Å². The quantitative estimate of drug-likeness (QED) is 0.627. The van der Waals surface area contributed by atoms with Gasteiger partial charge < -0.3 is 20.1 Å². The van der Waals surface area contributed by atoms with Gasteiger partial charge >= 0.3 is 6.09 Å². The lowest BCUT2D eigenvalue weighted by molar-refractivity contribution is 0.165. The van der Waals surface area contributed by atoms with Crippen LogP contribution >= 0.6 is 12.4 Å². The van der Waals surface area contributed by atoms with Crippen LogP contribution in [0.4, 0.5) is 15.0 Å². The minimum Gasteiger partial charge on any atom is -0.507 e. The van der Waals surface area contributed by atoms with Crippen molar-refractivity contribution in [2.45, 2.75) is 25.8 Å². The number of nitrogens with one attached hydrogen (secondary N) is 1. The minimum atomic E-state index is -0.586. The van der Waals surface area contributed by atoms with Crippen LogP contribution in [-0.4, -0.2) is 47.4 Å². The molecule has 31 heavy (non-hydrogen) atoms. The van der Waals surface area contributed by atoms with E-state index in [1.54, 1.807) is 0 Å². The molecule has 1 aliphatic rings. The maximum atomic E-state index is 14.5. The lowest BCUT2D eigenvalue weighted by atomic mass is 10.0. The van der Waals surface area contributed by atoms with E-state index in [1.165, 1.54) is 25.3 Å². The molecule has 0 bridgehead atoms. The molecule has 1 saturated heterocycles. The molecule has 4 rings (SSSR count). The Morgan fingerprint density at radius 1 is 1.29 bits per heavy atom. The third kappa shape index (κ3) is 4.64. The van der Waals surface area contributed by atoms with E-state index in [9.17, 15) is 14.3 Å². The first-order chi connectivity index (χ1) is 14.5. The van der Waals surface area contributed by atoms with Crippen LogP contribution in [0.5, 0.6) is 5.75 Å². The molecule has 2 aromatic carbocycles. The summed E-state index contributed by atoms with van der Waals surface area (Å²) in [5.41, 5.74) is 1.66. The summed E-state index contributed by atoms with van der Waals surface area (Å²) in [5.74, 6) is -0.0237. The number of fused-ring (bicyclic) bond motifs is 1. The summed E-state index contributed by atoms with van der Waals surface area (Å²) >= 11 is 0. The number of anilines is 1. The van der Waals surface area contributed by atoms with Gasteiger partial charge in [0.25, 0.3) is 0 Å². The second-order valence-corrected chi connectivity index (χ2v) is 7.45. The molecule has 2 heterocycles. The molecule has 0 unspecified atom stereocenters. The average Bonchev–Trinajstić information content (AvgIpc) is 2.73. The van der Waals surface area contributed by atoms with Crippen LogP contribution in [0, 0.1) is 12.7 Å². The third-order valence-electron chi connectivity index (χ3n) is 5.28. The molecule has 1 aliphatic heterocycles. The Kier molecular flexibility index (Phi) is 6.80. The first kappa shape index (κ1) is 22.6. The number of rotatable bonds is 3. The van der Waals surface area contributed by atoms with Crippen LogP contribution in [0.15, 0.2) is 36.4 Å². The number of ether oxygens (including phenoxy) is 1. The Morgan fingerprint density at radius 3 is 2.84 bits per heavy atom. The van der Waals surface area contributed by atoms with E-state index in [0.717, 1.165) is 30.3 Å². The van der Waals surface area contributed by atoms with Crippen molar-refractivity contribution >= 4 is 35.2 Å². The average molecular weight is 447 g/mol. The van der Waals surface area contributed by atoms with Crippen LogP contribution in [0.3, 0.4) is 0 Å². The number of carbonyl (C=O) groups excluding carboxylic acids is 1. The Hall–Kier alpha value is -3.13. The molecule has 1 atom stereocenters. The highest BCUT2D eigenvalue weighted by Gasteiger charge is 2.25. The Balaban J connectivity index is 0.00000272. The number of aromatic hydroxyl groups is 1. The zero-order chi connectivity index (χ0) is 21.3. The van der Waals surface area contributed by atoms with Crippen molar-refractivity contribution in [2.24, 2.45) is 0 Å². The van der Waals surface area contributed by atoms with E-state index < -0.39 is 11.9 Å². The molecule has 7 nitrogen and oxygen atoms in total. The molecular weight excluding hydrogens is 423 g/mol. The molecule has 3 aromatic rings. The van der Waals surface area contributed by atoms with Crippen molar-refractivity contribution in [3.05, 3.63) is 47.8 Å². The van der Waals surface area contributed by atoms with Crippen molar-refractivity contribution in [1.29, 1.82) is 0 Å². The number of aryl methyl sites for hydroxylation is 1. The van der Waals surface area contributed by atoms with E-state index in [1.807, 2.05) is 25.1 Å². The maximum absolute atomic E-state index is 14.5. The summed E-state index contributed by atoms with van der Waals surface area (Å²) in [5, 5.41) is 13.9. The third-order valence-corrected chi connectivity index (χ3v) is 5.28. The van der Waals surface area contributed by atoms with Gasteiger partial charge in [-0.2, -0.15) is 0 Å². The van der Waals surface area contributed by atoms with Crippen LogP contribution in [0.25, 0.3) is 22.3 Å². The SMILES string of the molecule is COC(=O)N[C@H]1CCCN(c2nc(-c3c(O)cccc3F)nc3cc(C)ccc23)C1.Cl. The number of halogens is 2. The van der Waals surface area contributed by atoms with Gasteiger partial charge in [0.1, 0.15) is 17.4 Å². The second kappa shape index (κ2) is 9.34. The van der Waals surface area contributed by atoms with Crippen molar-refractivity contribution in [3.8, 4) is 17.1 Å². The van der Waals surface area contributed by atoms with Gasteiger partial charge in [0.05, 0.1) is 18.2 Å². The molecule has 1 amide bonds. The predicted octanol–water partition coefficient (Wildman–Crippen LogP) is 4.20. The Labute approximate surface area is 185 Å². The molecular formula is C22H24ClFN4O3. The van der Waals surface area contributed by atoms with E-state index in [2.05, 4.69) is 20.2 Å². The molecule has 0 saturated carbocycles. The number of phenolic OH excluding ortho intramolecular Hbond substituents is 1. The lowest BCUT2D eigenvalue weighted by Crippen LogP contribution is -2.48. The van der Waals surface area contributed by atoms with Crippen molar-refractivity contribution in [1.82, 2.24) is 15.3 Å². The number of hydrogen-bond acceptors (Lipinski definition) is 6. The summed E-state index contributed by atoms with van der Waals surface area (Å²) < 4.78 is 19.2. The van der Waals surface area contributed by atoms with Gasteiger partial charge in [0, 0.05) is 24.5 Å². The number of nitrogens with zero attached hydrogens (tertiary/aromatic N) is 3. The van der Waals surface area contributed by atoms with Gasteiger partial charge in [-0.1, -0.05) is 12.1 Å². The van der Waals surface area contributed by atoms with Gasteiger partial charge in [-0.05, 0) is 49.6 Å². The van der Waals surface area contributed by atoms with Crippen LogP contribution < -0.4 is 10.2 Å². The number of amides is 1. The van der Waals surface area contributed by atoms with Crippen molar-refractivity contribution in [3.63, 3.8) is 0 Å². The fourth-order valence-electron chi connectivity index (χ4n) is 3.82. The molecule has 9 heteroatoms. The summed E-state index contributed by atoms with van der Waals surface area (Å²) in [6.45, 7) is 3.23. The minimum absolute atomic E-state index is 0. The first-order valence-electron chi connectivity index (χ1n) is 9.82. The largest absolute Gasteiger partial charge is 0.507 e. The fraction of sp³-hybridized carbons (Fsp3) is 0.318. The molecule has 0 spiro atoms. The smallest absolute Gasteiger partial charge is 0.407 e. The molecule has 2 N–H and O–H groups in total. The van der Waals surface area contributed by atoms with Gasteiger partial charge in [-0.15, -0.1) is 12.4 Å². The molecule has 1 fully saturated rings. The van der Waals surface area contributed by atoms with Crippen LogP contribution in [0.1, 0.15) is 18.4 Å². The van der Waals surface area contributed by atoms with E-state index in [4.69, 9.17) is 4.74 Å². The zero-order valence-corrected chi connectivity index (χ0v) is 18.1. The van der Waals surface area contributed by atoms with Gasteiger partial charge in [-0.3, -0.25) is 0 Å². The number of aromatic nitrogens is 2. The Bertz CT molecular complexity index is 1090. The number of methoxy groups -OCH3 is 1. The number of piperidine rings is 1.